The topological polar surface area (TPSA) is 35.8 Å². The van der Waals surface area contributed by atoms with Gasteiger partial charge in [0.25, 0.3) is 0 Å². The van der Waals surface area contributed by atoms with Crippen LogP contribution in [0.3, 0.4) is 0 Å². The Balaban J connectivity index is 2.48. The molecule has 0 spiro atoms. The van der Waals surface area contributed by atoms with E-state index in [-0.39, 0.29) is 11.5 Å². The first-order chi connectivity index (χ1) is 7.06. The molecule has 0 fully saturated rings. The predicted octanol–water partition coefficient (Wildman–Crippen LogP) is 2.92. The largest absolute Gasteiger partial charge is 0.312 e. The van der Waals surface area contributed by atoms with Crippen molar-refractivity contribution in [3.8, 4) is 6.07 Å². The van der Waals surface area contributed by atoms with Gasteiger partial charge in [-0.15, -0.1) is 11.3 Å². The highest BCUT2D eigenvalue weighted by Gasteiger charge is 2.21. The van der Waals surface area contributed by atoms with Crippen LogP contribution in [0.25, 0.3) is 0 Å². The molecule has 1 aromatic rings. The van der Waals surface area contributed by atoms with Gasteiger partial charge in [0, 0.05) is 22.9 Å². The maximum Gasteiger partial charge on any atom is 0.0638 e. The lowest BCUT2D eigenvalue weighted by Gasteiger charge is -2.25. The average molecular weight is 222 g/mol. The number of nitrogens with zero attached hydrogens (tertiary/aromatic N) is 1. The third kappa shape index (κ3) is 3.65. The molecule has 0 aromatic carbocycles. The highest BCUT2D eigenvalue weighted by molar-refractivity contribution is 7.10. The van der Waals surface area contributed by atoms with Crippen molar-refractivity contribution in [2.45, 2.75) is 38.6 Å². The Morgan fingerprint density at radius 2 is 2.33 bits per heavy atom. The summed E-state index contributed by atoms with van der Waals surface area (Å²) < 4.78 is 0. The van der Waals surface area contributed by atoms with E-state index >= 15 is 0 Å². The molecule has 82 valence electrons. The molecule has 0 saturated carbocycles. The Morgan fingerprint density at radius 3 is 2.87 bits per heavy atom. The van der Waals surface area contributed by atoms with Gasteiger partial charge in [-0.3, -0.25) is 0 Å². The molecule has 0 amide bonds. The quantitative estimate of drug-likeness (QED) is 0.831. The number of hydrogen-bond donors (Lipinski definition) is 1. The van der Waals surface area contributed by atoms with Crippen LogP contribution in [0.1, 0.15) is 32.1 Å². The fourth-order valence-corrected chi connectivity index (χ4v) is 2.24. The first-order valence-corrected chi connectivity index (χ1v) is 6.08. The Morgan fingerprint density at radius 1 is 1.60 bits per heavy atom. The number of rotatable bonds is 5. The van der Waals surface area contributed by atoms with Gasteiger partial charge in [0.05, 0.1) is 12.5 Å². The van der Waals surface area contributed by atoms with Crippen LogP contribution in [0.2, 0.25) is 0 Å². The standard InChI is InChI=1S/C12H18N2S/c1-10(6-7-13)14-9-12(2,3)11-5-4-8-15-11/h4-5,8,10,14H,6,9H2,1-3H3. The van der Waals surface area contributed by atoms with Crippen LogP contribution in [0.4, 0.5) is 0 Å². The number of thiophene rings is 1. The minimum Gasteiger partial charge on any atom is -0.312 e. The van der Waals surface area contributed by atoms with Crippen molar-refractivity contribution in [1.29, 1.82) is 5.26 Å². The molecule has 1 aromatic heterocycles. The lowest BCUT2D eigenvalue weighted by Crippen LogP contribution is -2.37. The summed E-state index contributed by atoms with van der Waals surface area (Å²) >= 11 is 1.79. The van der Waals surface area contributed by atoms with Gasteiger partial charge in [-0.1, -0.05) is 19.9 Å². The third-order valence-corrected chi connectivity index (χ3v) is 3.71. The van der Waals surface area contributed by atoms with Crippen LogP contribution in [-0.2, 0) is 5.41 Å². The zero-order valence-electron chi connectivity index (χ0n) is 9.58. The lowest BCUT2D eigenvalue weighted by atomic mass is 9.91. The Hall–Kier alpha value is -0.850. The van der Waals surface area contributed by atoms with Crippen molar-refractivity contribution >= 4 is 11.3 Å². The zero-order chi connectivity index (χ0) is 11.3. The van der Waals surface area contributed by atoms with E-state index in [1.165, 1.54) is 4.88 Å². The maximum absolute atomic E-state index is 8.56. The maximum atomic E-state index is 8.56. The second-order valence-electron chi connectivity index (χ2n) is 4.51. The molecule has 0 aliphatic carbocycles. The summed E-state index contributed by atoms with van der Waals surface area (Å²) in [5, 5.41) is 14.1. The summed E-state index contributed by atoms with van der Waals surface area (Å²) in [7, 11) is 0. The van der Waals surface area contributed by atoms with Crippen LogP contribution in [-0.4, -0.2) is 12.6 Å². The molecule has 3 heteroatoms. The van der Waals surface area contributed by atoms with E-state index in [1.54, 1.807) is 11.3 Å². The molecule has 0 bridgehead atoms. The Kier molecular flexibility index (Phi) is 4.31. The zero-order valence-corrected chi connectivity index (χ0v) is 10.4. The molecular formula is C12H18N2S. The highest BCUT2D eigenvalue weighted by atomic mass is 32.1. The third-order valence-electron chi connectivity index (χ3n) is 2.48. The van der Waals surface area contributed by atoms with Crippen molar-refractivity contribution in [3.05, 3.63) is 22.4 Å². The number of nitriles is 1. The number of nitrogens with one attached hydrogen (secondary N) is 1. The SMILES string of the molecule is CC(CC#N)NCC(C)(C)c1cccs1. The molecule has 1 N–H and O–H groups in total. The molecule has 1 atom stereocenters. The van der Waals surface area contributed by atoms with Crippen LogP contribution in [0, 0.1) is 11.3 Å². The Labute approximate surface area is 95.9 Å². The molecular weight excluding hydrogens is 204 g/mol. The van der Waals surface area contributed by atoms with Crippen LogP contribution >= 0.6 is 11.3 Å². The monoisotopic (exact) mass is 222 g/mol. The van der Waals surface area contributed by atoms with Gasteiger partial charge in [-0.25, -0.2) is 0 Å². The van der Waals surface area contributed by atoms with Crippen LogP contribution in [0.15, 0.2) is 17.5 Å². The van der Waals surface area contributed by atoms with E-state index in [9.17, 15) is 0 Å². The predicted molar refractivity (Wildman–Crippen MR) is 65.0 cm³/mol. The fourth-order valence-electron chi connectivity index (χ4n) is 1.39. The van der Waals surface area contributed by atoms with Crippen molar-refractivity contribution in [2.24, 2.45) is 0 Å². The molecule has 1 rings (SSSR count). The van der Waals surface area contributed by atoms with E-state index < -0.39 is 0 Å². The first kappa shape index (κ1) is 12.2. The van der Waals surface area contributed by atoms with Gasteiger partial charge in [0.15, 0.2) is 0 Å². The number of hydrogen-bond acceptors (Lipinski definition) is 3. The van der Waals surface area contributed by atoms with Crippen molar-refractivity contribution in [1.82, 2.24) is 5.32 Å². The summed E-state index contributed by atoms with van der Waals surface area (Å²) in [6, 6.07) is 6.70. The summed E-state index contributed by atoms with van der Waals surface area (Å²) in [5.41, 5.74) is 0.151. The van der Waals surface area contributed by atoms with E-state index in [0.29, 0.717) is 6.42 Å². The van der Waals surface area contributed by atoms with Gasteiger partial charge >= 0.3 is 0 Å². The van der Waals surface area contributed by atoms with Crippen molar-refractivity contribution in [2.75, 3.05) is 6.54 Å². The van der Waals surface area contributed by atoms with Crippen molar-refractivity contribution in [3.63, 3.8) is 0 Å². The van der Waals surface area contributed by atoms with E-state index in [0.717, 1.165) is 6.54 Å². The minimum atomic E-state index is 0.151. The second kappa shape index (κ2) is 5.29. The summed E-state index contributed by atoms with van der Waals surface area (Å²) in [4.78, 5) is 1.39. The summed E-state index contributed by atoms with van der Waals surface area (Å²) in [6.07, 6.45) is 0.570. The molecule has 0 aliphatic rings. The smallest absolute Gasteiger partial charge is 0.0638 e. The lowest BCUT2D eigenvalue weighted by molar-refractivity contribution is 0.437. The highest BCUT2D eigenvalue weighted by Crippen LogP contribution is 2.26. The molecule has 0 radical (unpaired) electrons. The minimum absolute atomic E-state index is 0.151. The second-order valence-corrected chi connectivity index (χ2v) is 5.45. The van der Waals surface area contributed by atoms with Crippen LogP contribution < -0.4 is 5.32 Å². The fraction of sp³-hybridized carbons (Fsp3) is 0.583. The van der Waals surface area contributed by atoms with Gasteiger partial charge < -0.3 is 5.32 Å². The molecule has 0 aliphatic heterocycles. The molecule has 15 heavy (non-hydrogen) atoms. The van der Waals surface area contributed by atoms with Gasteiger partial charge in [0.1, 0.15) is 0 Å². The molecule has 1 heterocycles. The van der Waals surface area contributed by atoms with E-state index in [1.807, 2.05) is 6.92 Å². The average Bonchev–Trinajstić information content (AvgIpc) is 2.69. The van der Waals surface area contributed by atoms with Crippen molar-refractivity contribution < 1.29 is 0 Å². The first-order valence-electron chi connectivity index (χ1n) is 5.20. The molecule has 1 unspecified atom stereocenters. The Bertz CT molecular complexity index is 322. The van der Waals surface area contributed by atoms with Gasteiger partial charge in [-0.05, 0) is 18.4 Å². The summed E-state index contributed by atoms with van der Waals surface area (Å²) in [6.45, 7) is 7.42. The summed E-state index contributed by atoms with van der Waals surface area (Å²) in [5.74, 6) is 0. The van der Waals surface area contributed by atoms with Gasteiger partial charge in [-0.2, -0.15) is 5.26 Å². The molecule has 0 saturated heterocycles. The molecule has 2 nitrogen and oxygen atoms in total. The normalized spacial score (nSPS) is 13.5. The van der Waals surface area contributed by atoms with E-state index in [2.05, 4.69) is 42.7 Å². The van der Waals surface area contributed by atoms with Crippen LogP contribution in [0.5, 0.6) is 0 Å². The van der Waals surface area contributed by atoms with E-state index in [4.69, 9.17) is 5.26 Å². The van der Waals surface area contributed by atoms with Gasteiger partial charge in [0.2, 0.25) is 0 Å².